The molecule has 0 aliphatic heterocycles. The third-order valence-electron chi connectivity index (χ3n) is 2.48. The Morgan fingerprint density at radius 1 is 1.47 bits per heavy atom. The van der Waals surface area contributed by atoms with Crippen molar-refractivity contribution in [2.24, 2.45) is 5.92 Å². The number of rotatable bonds is 5. The summed E-state index contributed by atoms with van der Waals surface area (Å²) in [5.41, 5.74) is 1.21. The van der Waals surface area contributed by atoms with Crippen LogP contribution in [0.4, 0.5) is 0 Å². The quantitative estimate of drug-likeness (QED) is 0.645. The molecule has 1 aromatic carbocycles. The van der Waals surface area contributed by atoms with E-state index in [0.29, 0.717) is 5.56 Å². The second kappa shape index (κ2) is 6.45. The number of Topliss-reactive ketones (excluding diaryl/α,β-unsaturated/α-hetero) is 1. The van der Waals surface area contributed by atoms with E-state index >= 15 is 0 Å². The van der Waals surface area contributed by atoms with Crippen LogP contribution in [-0.4, -0.2) is 24.1 Å². The molecule has 98 valence electrons. The summed E-state index contributed by atoms with van der Waals surface area (Å²) in [6, 6.07) is 8.50. The number of nitrogens with one attached hydrogen (secondary N) is 1. The van der Waals surface area contributed by atoms with Crippen molar-refractivity contribution in [3.05, 3.63) is 35.4 Å². The van der Waals surface area contributed by atoms with Crippen molar-refractivity contribution in [2.45, 2.75) is 13.8 Å². The van der Waals surface area contributed by atoms with Gasteiger partial charge in [-0.2, -0.15) is 5.26 Å². The lowest BCUT2D eigenvalue weighted by atomic mass is 10.0. The van der Waals surface area contributed by atoms with Gasteiger partial charge >= 0.3 is 5.97 Å². The molecular formula is C14H14N2O3. The highest BCUT2D eigenvalue weighted by Gasteiger charge is 2.21. The van der Waals surface area contributed by atoms with Crippen molar-refractivity contribution in [1.82, 2.24) is 0 Å². The molecule has 0 fully saturated rings. The van der Waals surface area contributed by atoms with Crippen LogP contribution in [0, 0.1) is 29.6 Å². The van der Waals surface area contributed by atoms with E-state index in [1.165, 1.54) is 6.92 Å². The highest BCUT2D eigenvalue weighted by atomic mass is 16.5. The molecule has 1 aromatic rings. The molecule has 1 rings (SSSR count). The van der Waals surface area contributed by atoms with Crippen LogP contribution in [0.5, 0.6) is 0 Å². The van der Waals surface area contributed by atoms with Gasteiger partial charge in [0.05, 0.1) is 11.6 Å². The summed E-state index contributed by atoms with van der Waals surface area (Å²) in [7, 11) is 0. The zero-order valence-corrected chi connectivity index (χ0v) is 10.8. The number of ether oxygens (including phenoxy) is 1. The SMILES string of the molecule is CC(=N)[C@H](C#N)C(=O)COC(=O)c1cccc(C)c1. The van der Waals surface area contributed by atoms with Gasteiger partial charge in [0.15, 0.2) is 12.4 Å². The number of carbonyl (C=O) groups excluding carboxylic acids is 2. The zero-order chi connectivity index (χ0) is 14.4. The second-order valence-corrected chi connectivity index (χ2v) is 4.16. The normalized spacial score (nSPS) is 11.2. The Kier molecular flexibility index (Phi) is 4.95. The van der Waals surface area contributed by atoms with E-state index in [4.69, 9.17) is 15.4 Å². The van der Waals surface area contributed by atoms with E-state index < -0.39 is 24.3 Å². The summed E-state index contributed by atoms with van der Waals surface area (Å²) in [6.45, 7) is 2.71. The number of carbonyl (C=O) groups is 2. The molecule has 0 aliphatic carbocycles. The zero-order valence-electron chi connectivity index (χ0n) is 10.8. The highest BCUT2D eigenvalue weighted by Crippen LogP contribution is 2.07. The maximum atomic E-state index is 11.7. The summed E-state index contributed by atoms with van der Waals surface area (Å²) in [5, 5.41) is 16.0. The Hall–Kier alpha value is -2.48. The monoisotopic (exact) mass is 258 g/mol. The largest absolute Gasteiger partial charge is 0.454 e. The molecule has 0 unspecified atom stereocenters. The molecule has 0 amide bonds. The molecule has 19 heavy (non-hydrogen) atoms. The summed E-state index contributed by atoms with van der Waals surface area (Å²) in [4.78, 5) is 23.2. The fraction of sp³-hybridized carbons (Fsp3) is 0.286. The van der Waals surface area contributed by atoms with E-state index in [-0.39, 0.29) is 5.71 Å². The first-order valence-corrected chi connectivity index (χ1v) is 5.67. The number of aryl methyl sites for hydroxylation is 1. The molecule has 5 nitrogen and oxygen atoms in total. The summed E-state index contributed by atoms with van der Waals surface area (Å²) in [6.07, 6.45) is 0. The van der Waals surface area contributed by atoms with Crippen LogP contribution < -0.4 is 0 Å². The first kappa shape index (κ1) is 14.6. The van der Waals surface area contributed by atoms with Gasteiger partial charge in [-0.3, -0.25) is 4.79 Å². The van der Waals surface area contributed by atoms with Crippen LogP contribution in [-0.2, 0) is 9.53 Å². The Labute approximate surface area is 111 Å². The van der Waals surface area contributed by atoms with Gasteiger partial charge < -0.3 is 10.1 Å². The topological polar surface area (TPSA) is 91.0 Å². The van der Waals surface area contributed by atoms with Gasteiger partial charge in [-0.25, -0.2) is 4.79 Å². The second-order valence-electron chi connectivity index (χ2n) is 4.16. The lowest BCUT2D eigenvalue weighted by molar-refractivity contribution is -0.122. The molecule has 1 N–H and O–H groups in total. The van der Waals surface area contributed by atoms with Crippen LogP contribution in [0.15, 0.2) is 24.3 Å². The minimum atomic E-state index is -1.15. The van der Waals surface area contributed by atoms with Crippen LogP contribution >= 0.6 is 0 Å². The Morgan fingerprint density at radius 2 is 2.16 bits per heavy atom. The maximum absolute atomic E-state index is 11.7. The predicted octanol–water partition coefficient (Wildman–Crippen LogP) is 1.90. The summed E-state index contributed by atoms with van der Waals surface area (Å²) < 4.78 is 4.84. The summed E-state index contributed by atoms with van der Waals surface area (Å²) >= 11 is 0. The maximum Gasteiger partial charge on any atom is 0.338 e. The molecule has 0 bridgehead atoms. The molecule has 0 saturated heterocycles. The van der Waals surface area contributed by atoms with E-state index in [2.05, 4.69) is 0 Å². The lowest BCUT2D eigenvalue weighted by Crippen LogP contribution is -2.25. The standard InChI is InChI=1S/C14H14N2O3/c1-9-4-3-5-11(6-9)14(18)19-8-13(17)12(7-15)10(2)16/h3-6,12,16H,8H2,1-2H3/t12-/m0/s1. The van der Waals surface area contributed by atoms with Crippen molar-refractivity contribution < 1.29 is 14.3 Å². The number of esters is 1. The van der Waals surface area contributed by atoms with Gasteiger partial charge in [0, 0.05) is 5.71 Å². The molecule has 0 spiro atoms. The van der Waals surface area contributed by atoms with Crippen molar-refractivity contribution in [2.75, 3.05) is 6.61 Å². The Bertz CT molecular complexity index is 558. The molecule has 0 aliphatic rings. The molecule has 0 radical (unpaired) electrons. The molecule has 5 heteroatoms. The Balaban J connectivity index is 2.63. The first-order valence-electron chi connectivity index (χ1n) is 5.67. The van der Waals surface area contributed by atoms with Gasteiger partial charge in [-0.05, 0) is 26.0 Å². The molecule has 1 atom stereocenters. The third kappa shape index (κ3) is 4.03. The van der Waals surface area contributed by atoms with Gasteiger partial charge in [0.2, 0.25) is 0 Å². The molecule has 0 aromatic heterocycles. The van der Waals surface area contributed by atoms with Crippen molar-refractivity contribution in [1.29, 1.82) is 10.7 Å². The van der Waals surface area contributed by atoms with Gasteiger partial charge in [0.25, 0.3) is 0 Å². The van der Waals surface area contributed by atoms with E-state index in [1.807, 2.05) is 13.0 Å². The lowest BCUT2D eigenvalue weighted by Gasteiger charge is -2.07. The van der Waals surface area contributed by atoms with E-state index in [0.717, 1.165) is 5.56 Å². The molecular weight excluding hydrogens is 244 g/mol. The number of hydrogen-bond donors (Lipinski definition) is 1. The number of benzene rings is 1. The van der Waals surface area contributed by atoms with Crippen LogP contribution in [0.1, 0.15) is 22.8 Å². The minimum Gasteiger partial charge on any atom is -0.454 e. The predicted molar refractivity (Wildman–Crippen MR) is 69.0 cm³/mol. The van der Waals surface area contributed by atoms with Gasteiger partial charge in [-0.1, -0.05) is 17.7 Å². The molecule has 0 saturated carbocycles. The van der Waals surface area contributed by atoms with Crippen molar-refractivity contribution >= 4 is 17.5 Å². The Morgan fingerprint density at radius 3 is 2.68 bits per heavy atom. The highest BCUT2D eigenvalue weighted by molar-refractivity contribution is 6.06. The van der Waals surface area contributed by atoms with Crippen molar-refractivity contribution in [3.8, 4) is 6.07 Å². The van der Waals surface area contributed by atoms with Gasteiger partial charge in [0.1, 0.15) is 5.92 Å². The van der Waals surface area contributed by atoms with Crippen LogP contribution in [0.25, 0.3) is 0 Å². The number of hydrogen-bond acceptors (Lipinski definition) is 5. The van der Waals surface area contributed by atoms with Crippen LogP contribution in [0.2, 0.25) is 0 Å². The van der Waals surface area contributed by atoms with Gasteiger partial charge in [-0.15, -0.1) is 0 Å². The van der Waals surface area contributed by atoms with E-state index in [9.17, 15) is 9.59 Å². The number of ketones is 1. The van der Waals surface area contributed by atoms with E-state index in [1.54, 1.807) is 24.3 Å². The average molecular weight is 258 g/mol. The fourth-order valence-electron chi connectivity index (χ4n) is 1.49. The number of nitrogens with zero attached hydrogens (tertiary/aromatic N) is 1. The van der Waals surface area contributed by atoms with Crippen LogP contribution in [0.3, 0.4) is 0 Å². The summed E-state index contributed by atoms with van der Waals surface area (Å²) in [5.74, 6) is -2.35. The fourth-order valence-corrected chi connectivity index (χ4v) is 1.49. The minimum absolute atomic E-state index is 0.0564. The smallest absolute Gasteiger partial charge is 0.338 e. The molecule has 0 heterocycles. The third-order valence-corrected chi connectivity index (χ3v) is 2.48. The first-order chi connectivity index (χ1) is 8.95. The van der Waals surface area contributed by atoms with Crippen molar-refractivity contribution in [3.63, 3.8) is 0 Å². The number of nitriles is 1. The average Bonchev–Trinajstić information content (AvgIpc) is 2.36.